The number of rotatable bonds is 7. The summed E-state index contributed by atoms with van der Waals surface area (Å²) in [5, 5.41) is 5.13. The molecule has 13 heteroatoms. The summed E-state index contributed by atoms with van der Waals surface area (Å²) >= 11 is 0.657. The molecule has 2 aliphatic rings. The Balaban J connectivity index is 1.18. The molecule has 4 amide bonds. The fourth-order valence-corrected chi connectivity index (χ4v) is 5.38. The van der Waals surface area contributed by atoms with Crippen molar-refractivity contribution in [2.75, 3.05) is 24.0 Å². The zero-order valence-corrected chi connectivity index (χ0v) is 22.4. The summed E-state index contributed by atoms with van der Waals surface area (Å²) < 4.78 is 39.4. The van der Waals surface area contributed by atoms with Gasteiger partial charge < -0.3 is 24.7 Å². The minimum atomic E-state index is -0.988. The number of nitrogens with one attached hydrogen (secondary N) is 2. The molecule has 0 aliphatic carbocycles. The van der Waals surface area contributed by atoms with Gasteiger partial charge in [-0.15, -0.1) is 0 Å². The molecule has 0 saturated carbocycles. The second kappa shape index (κ2) is 11.0. The van der Waals surface area contributed by atoms with Gasteiger partial charge in [-0.05, 0) is 48.2 Å². The highest BCUT2D eigenvalue weighted by molar-refractivity contribution is 8.18. The summed E-state index contributed by atoms with van der Waals surface area (Å²) in [5.74, 6) is -2.49. The average Bonchev–Trinajstić information content (AvgIpc) is 3.63. The average molecular weight is 591 g/mol. The number of carbonyl (C=O) groups is 4. The standard InChI is InChI=1S/C29H20F2N4O6S/c30-17-5-7-21(20(31)10-17)33-27(37)14-35-28(38)25(42-29(35)39)9-16-12-34(22-4-2-1-3-19(16)22)13-26(36)32-18-6-8-23-24(11-18)41-15-40-23/h1-12H,13-15H2,(H,32,36)(H,33,37)/b25-9-. The fraction of sp³-hybridized carbons (Fsp3) is 0.103. The molecule has 0 radical (unpaired) electrons. The van der Waals surface area contributed by atoms with Crippen LogP contribution in [0.5, 0.6) is 11.5 Å². The van der Waals surface area contributed by atoms with E-state index < -0.39 is 35.2 Å². The van der Waals surface area contributed by atoms with Crippen LogP contribution < -0.4 is 20.1 Å². The Morgan fingerprint density at radius 2 is 1.71 bits per heavy atom. The van der Waals surface area contributed by atoms with Crippen molar-refractivity contribution in [3.8, 4) is 11.5 Å². The van der Waals surface area contributed by atoms with Crippen molar-refractivity contribution in [3.05, 3.63) is 89.0 Å². The molecule has 1 aromatic heterocycles. The Labute approximate surface area is 240 Å². The Morgan fingerprint density at radius 3 is 2.55 bits per heavy atom. The number of aromatic nitrogens is 1. The number of amides is 4. The number of thioether (sulfide) groups is 1. The molecular formula is C29H20F2N4O6S. The zero-order valence-electron chi connectivity index (χ0n) is 21.6. The van der Waals surface area contributed by atoms with Crippen LogP contribution in [0, 0.1) is 11.6 Å². The molecule has 1 fully saturated rings. The van der Waals surface area contributed by atoms with Crippen molar-refractivity contribution in [2.24, 2.45) is 0 Å². The van der Waals surface area contributed by atoms with Crippen LogP contribution in [0.4, 0.5) is 25.0 Å². The van der Waals surface area contributed by atoms with Crippen LogP contribution in [0.1, 0.15) is 5.56 Å². The summed E-state index contributed by atoms with van der Waals surface area (Å²) in [6.45, 7) is -0.571. The summed E-state index contributed by atoms with van der Waals surface area (Å²) in [6, 6.07) is 15.0. The predicted molar refractivity (Wildman–Crippen MR) is 151 cm³/mol. The fourth-order valence-electron chi connectivity index (χ4n) is 4.55. The van der Waals surface area contributed by atoms with Gasteiger partial charge in [0.15, 0.2) is 11.5 Å². The topological polar surface area (TPSA) is 119 Å². The maximum atomic E-state index is 13.9. The van der Waals surface area contributed by atoms with E-state index >= 15 is 0 Å². The quantitative estimate of drug-likeness (QED) is 0.292. The highest BCUT2D eigenvalue weighted by Crippen LogP contribution is 2.35. The molecule has 3 heterocycles. The molecule has 2 N–H and O–H groups in total. The molecule has 3 aromatic carbocycles. The van der Waals surface area contributed by atoms with Crippen molar-refractivity contribution in [2.45, 2.75) is 6.54 Å². The van der Waals surface area contributed by atoms with Crippen LogP contribution >= 0.6 is 11.8 Å². The molecule has 4 aromatic rings. The van der Waals surface area contributed by atoms with Gasteiger partial charge in [-0.2, -0.15) is 0 Å². The van der Waals surface area contributed by atoms with Gasteiger partial charge in [0.05, 0.1) is 10.6 Å². The third-order valence-corrected chi connectivity index (χ3v) is 7.36. The number of benzene rings is 3. The monoisotopic (exact) mass is 590 g/mol. The SMILES string of the molecule is O=C(Cn1cc(/C=C2\SC(=O)N(CC(=O)Nc3ccc(F)cc3F)C2=O)c2ccccc21)Nc1ccc2c(c1)OCO2. The number of imide groups is 1. The van der Waals surface area contributed by atoms with Gasteiger partial charge in [0.1, 0.15) is 24.7 Å². The number of hydrogen-bond acceptors (Lipinski definition) is 7. The van der Waals surface area contributed by atoms with E-state index in [4.69, 9.17) is 9.47 Å². The first-order valence-corrected chi connectivity index (χ1v) is 13.3. The summed E-state index contributed by atoms with van der Waals surface area (Å²) in [7, 11) is 0. The molecule has 212 valence electrons. The lowest BCUT2D eigenvalue weighted by Crippen LogP contribution is -2.36. The van der Waals surface area contributed by atoms with E-state index in [9.17, 15) is 28.0 Å². The van der Waals surface area contributed by atoms with Crippen LogP contribution in [0.3, 0.4) is 0 Å². The Hall–Kier alpha value is -5.17. The van der Waals surface area contributed by atoms with Crippen LogP contribution in [-0.4, -0.2) is 45.8 Å². The van der Waals surface area contributed by atoms with Gasteiger partial charge in [0.25, 0.3) is 11.1 Å². The van der Waals surface area contributed by atoms with Crippen LogP contribution in [-0.2, 0) is 20.9 Å². The van der Waals surface area contributed by atoms with E-state index in [0.29, 0.717) is 40.6 Å². The van der Waals surface area contributed by atoms with Crippen molar-refractivity contribution in [3.63, 3.8) is 0 Å². The lowest BCUT2D eigenvalue weighted by atomic mass is 10.1. The molecular weight excluding hydrogens is 570 g/mol. The maximum absolute atomic E-state index is 13.9. The molecule has 10 nitrogen and oxygen atoms in total. The lowest BCUT2D eigenvalue weighted by molar-refractivity contribution is -0.127. The number of anilines is 2. The molecule has 0 atom stereocenters. The highest BCUT2D eigenvalue weighted by atomic mass is 32.2. The highest BCUT2D eigenvalue weighted by Gasteiger charge is 2.36. The van der Waals surface area contributed by atoms with E-state index in [2.05, 4.69) is 10.6 Å². The van der Waals surface area contributed by atoms with E-state index in [-0.39, 0.29) is 29.8 Å². The van der Waals surface area contributed by atoms with Gasteiger partial charge in [0.2, 0.25) is 18.6 Å². The minimum Gasteiger partial charge on any atom is -0.454 e. The van der Waals surface area contributed by atoms with Crippen LogP contribution in [0.2, 0.25) is 0 Å². The first kappa shape index (κ1) is 27.0. The van der Waals surface area contributed by atoms with E-state index in [1.54, 1.807) is 35.0 Å². The van der Waals surface area contributed by atoms with Crippen LogP contribution in [0.15, 0.2) is 71.8 Å². The summed E-state index contributed by atoms with van der Waals surface area (Å²) in [5.41, 5.74) is 1.58. The molecule has 0 spiro atoms. The van der Waals surface area contributed by atoms with Crippen molar-refractivity contribution >= 4 is 63.1 Å². The molecule has 42 heavy (non-hydrogen) atoms. The summed E-state index contributed by atoms with van der Waals surface area (Å²) in [4.78, 5) is 51.8. The second-order valence-electron chi connectivity index (χ2n) is 9.29. The zero-order chi connectivity index (χ0) is 29.4. The Morgan fingerprint density at radius 1 is 0.929 bits per heavy atom. The van der Waals surface area contributed by atoms with Crippen LogP contribution in [0.25, 0.3) is 17.0 Å². The van der Waals surface area contributed by atoms with E-state index in [1.807, 2.05) is 18.2 Å². The number of halogens is 2. The van der Waals surface area contributed by atoms with E-state index in [1.165, 1.54) is 6.08 Å². The number of nitrogens with zero attached hydrogens (tertiary/aromatic N) is 2. The van der Waals surface area contributed by atoms with Crippen molar-refractivity contribution < 1.29 is 37.4 Å². The van der Waals surface area contributed by atoms with Gasteiger partial charge in [-0.25, -0.2) is 8.78 Å². The molecule has 0 bridgehead atoms. The summed E-state index contributed by atoms with van der Waals surface area (Å²) in [6.07, 6.45) is 3.22. The molecule has 0 unspecified atom stereocenters. The number of carbonyl (C=O) groups excluding carboxylic acids is 4. The number of ether oxygens (including phenoxy) is 2. The normalized spacial score (nSPS) is 15.1. The number of fused-ring (bicyclic) bond motifs is 2. The smallest absolute Gasteiger partial charge is 0.294 e. The second-order valence-corrected chi connectivity index (χ2v) is 10.3. The van der Waals surface area contributed by atoms with Gasteiger partial charge in [-0.1, -0.05) is 18.2 Å². The molecule has 2 aliphatic heterocycles. The third-order valence-electron chi connectivity index (χ3n) is 6.46. The van der Waals surface area contributed by atoms with Crippen molar-refractivity contribution in [1.82, 2.24) is 9.47 Å². The van der Waals surface area contributed by atoms with Gasteiger partial charge >= 0.3 is 0 Å². The Kier molecular flexibility index (Phi) is 7.08. The lowest BCUT2D eigenvalue weighted by Gasteiger charge is -2.12. The maximum Gasteiger partial charge on any atom is 0.294 e. The Bertz CT molecular complexity index is 1820. The predicted octanol–water partition coefficient (Wildman–Crippen LogP) is 4.96. The first-order valence-electron chi connectivity index (χ1n) is 12.5. The van der Waals surface area contributed by atoms with Crippen molar-refractivity contribution in [1.29, 1.82) is 0 Å². The minimum absolute atomic E-state index is 0.0373. The first-order chi connectivity index (χ1) is 20.2. The molecule has 6 rings (SSSR count). The largest absolute Gasteiger partial charge is 0.454 e. The molecule has 1 saturated heterocycles. The number of hydrogen-bond donors (Lipinski definition) is 2. The third kappa shape index (κ3) is 5.41. The van der Waals surface area contributed by atoms with Gasteiger partial charge in [-0.3, -0.25) is 24.1 Å². The number of para-hydroxylation sites is 1. The van der Waals surface area contributed by atoms with Gasteiger partial charge in [0, 0.05) is 40.5 Å². The van der Waals surface area contributed by atoms with E-state index in [0.717, 1.165) is 27.9 Å².